The van der Waals surface area contributed by atoms with Crippen molar-refractivity contribution in [2.75, 3.05) is 44.6 Å². The van der Waals surface area contributed by atoms with E-state index in [2.05, 4.69) is 32.9 Å². The number of benzene rings is 1. The second kappa shape index (κ2) is 11.9. The van der Waals surface area contributed by atoms with Crippen molar-refractivity contribution in [1.82, 2.24) is 20.2 Å². The van der Waals surface area contributed by atoms with E-state index in [9.17, 15) is 4.79 Å². The number of carbonyl (C=O) groups excluding carboxylic acids is 1. The maximum Gasteiger partial charge on any atom is 0.251 e. The van der Waals surface area contributed by atoms with Crippen molar-refractivity contribution in [3.8, 4) is 5.75 Å². The highest BCUT2D eigenvalue weighted by atomic mass is 16.5. The molecule has 3 heterocycles. The third-order valence-corrected chi connectivity index (χ3v) is 9.63. The molecule has 40 heavy (non-hydrogen) atoms. The van der Waals surface area contributed by atoms with Gasteiger partial charge in [-0.05, 0) is 102 Å². The number of rotatable bonds is 6. The van der Waals surface area contributed by atoms with Gasteiger partial charge in [-0.3, -0.25) is 4.79 Å². The van der Waals surface area contributed by atoms with E-state index in [0.717, 1.165) is 68.7 Å². The molecule has 1 aromatic carbocycles. The van der Waals surface area contributed by atoms with Crippen LogP contribution in [0.1, 0.15) is 92.6 Å². The van der Waals surface area contributed by atoms with Crippen molar-refractivity contribution in [3.05, 3.63) is 35.7 Å². The first kappa shape index (κ1) is 27.3. The van der Waals surface area contributed by atoms with Gasteiger partial charge in [0.2, 0.25) is 5.95 Å². The zero-order valence-corrected chi connectivity index (χ0v) is 24.0. The minimum absolute atomic E-state index is 0.0111. The van der Waals surface area contributed by atoms with Crippen molar-refractivity contribution in [3.63, 3.8) is 0 Å². The number of likely N-dealkylation sites (tertiary alicyclic amines) is 1. The normalized spacial score (nSPS) is 25.1. The lowest BCUT2D eigenvalue weighted by Crippen LogP contribution is -2.45. The van der Waals surface area contributed by atoms with Crippen LogP contribution in [-0.4, -0.2) is 66.4 Å². The summed E-state index contributed by atoms with van der Waals surface area (Å²) in [5.74, 6) is 2.06. The summed E-state index contributed by atoms with van der Waals surface area (Å²) in [6.45, 7) is 2.58. The molecule has 9 heteroatoms. The van der Waals surface area contributed by atoms with Crippen LogP contribution in [0.3, 0.4) is 0 Å². The molecule has 0 radical (unpaired) electrons. The van der Waals surface area contributed by atoms with Gasteiger partial charge in [0, 0.05) is 17.5 Å². The fourth-order valence-corrected chi connectivity index (χ4v) is 7.08. The SMILES string of the molecule is COc1cc(C(=O)NC2CCCN(C)CC2)ccc1Nc1ncc2c(n1)C(C1CCCC1)CC1(CCC1)OCN2. The molecule has 2 atom stereocenters. The maximum absolute atomic E-state index is 13.1. The van der Waals surface area contributed by atoms with Gasteiger partial charge in [-0.2, -0.15) is 0 Å². The third kappa shape index (κ3) is 5.91. The fraction of sp³-hybridized carbons (Fsp3) is 0.645. The molecule has 216 valence electrons. The van der Waals surface area contributed by atoms with Gasteiger partial charge in [0.1, 0.15) is 12.5 Å². The molecule has 2 aliphatic carbocycles. The number of ether oxygens (including phenoxy) is 2. The van der Waals surface area contributed by atoms with Crippen LogP contribution >= 0.6 is 0 Å². The van der Waals surface area contributed by atoms with Crippen molar-refractivity contribution in [2.45, 2.75) is 88.2 Å². The maximum atomic E-state index is 13.1. The molecule has 6 rings (SSSR count). The van der Waals surface area contributed by atoms with Gasteiger partial charge >= 0.3 is 0 Å². The Balaban J connectivity index is 1.21. The number of amides is 1. The molecule has 9 nitrogen and oxygen atoms in total. The van der Waals surface area contributed by atoms with Gasteiger partial charge in [-0.15, -0.1) is 0 Å². The number of aromatic nitrogens is 2. The number of hydrogen-bond donors (Lipinski definition) is 3. The first-order valence-corrected chi connectivity index (χ1v) is 15.2. The van der Waals surface area contributed by atoms with E-state index in [1.54, 1.807) is 13.2 Å². The average molecular weight is 549 g/mol. The van der Waals surface area contributed by atoms with E-state index in [-0.39, 0.29) is 17.6 Å². The lowest BCUT2D eigenvalue weighted by Gasteiger charge is -2.46. The van der Waals surface area contributed by atoms with E-state index >= 15 is 0 Å². The first-order chi connectivity index (χ1) is 19.5. The molecule has 0 bridgehead atoms. The van der Waals surface area contributed by atoms with Gasteiger partial charge < -0.3 is 30.3 Å². The number of methoxy groups -OCH3 is 1. The van der Waals surface area contributed by atoms with Crippen LogP contribution in [-0.2, 0) is 4.74 Å². The molecule has 2 aromatic rings. The Morgan fingerprint density at radius 1 is 1.12 bits per heavy atom. The smallest absolute Gasteiger partial charge is 0.251 e. The summed E-state index contributed by atoms with van der Waals surface area (Å²) in [6, 6.07) is 5.73. The number of fused-ring (bicyclic) bond motifs is 1. The van der Waals surface area contributed by atoms with E-state index in [1.807, 2.05) is 18.3 Å². The largest absolute Gasteiger partial charge is 0.495 e. The summed E-state index contributed by atoms with van der Waals surface area (Å²) in [7, 11) is 3.77. The number of nitrogens with zero attached hydrogens (tertiary/aromatic N) is 3. The molecule has 2 unspecified atom stereocenters. The van der Waals surface area contributed by atoms with Crippen LogP contribution in [0.5, 0.6) is 5.75 Å². The molecule has 1 amide bonds. The van der Waals surface area contributed by atoms with Crippen LogP contribution in [0.4, 0.5) is 17.3 Å². The molecule has 1 aromatic heterocycles. The molecule has 4 aliphatic rings. The monoisotopic (exact) mass is 548 g/mol. The minimum atomic E-state index is -0.0608. The summed E-state index contributed by atoms with van der Waals surface area (Å²) in [6.07, 6.45) is 14.6. The first-order valence-electron chi connectivity index (χ1n) is 15.2. The lowest BCUT2D eigenvalue weighted by atomic mass is 9.70. The van der Waals surface area contributed by atoms with Crippen LogP contribution < -0.4 is 20.7 Å². The number of anilines is 3. The predicted octanol–water partition coefficient (Wildman–Crippen LogP) is 5.43. The number of carbonyl (C=O) groups is 1. The molecular formula is C31H44N6O3. The molecule has 1 spiro atoms. The standard InChI is InChI=1S/C31H44N6O3/c1-37-15-5-9-23(12-16-37)34-29(38)22-10-11-25(27(17-22)39-2)35-30-32-19-26-28(36-30)24(21-7-3-4-8-21)18-31(13-6-14-31)40-20-33-26/h10-11,17,19,21,23-24,33H,3-9,12-16,18,20H2,1-2H3,(H,34,38)(H,32,35,36). The average Bonchev–Trinajstić information content (AvgIpc) is 3.39. The Morgan fingerprint density at radius 2 is 1.98 bits per heavy atom. The van der Waals surface area contributed by atoms with Gasteiger partial charge in [-0.1, -0.05) is 12.8 Å². The Morgan fingerprint density at radius 3 is 2.75 bits per heavy atom. The van der Waals surface area contributed by atoms with Crippen LogP contribution in [0.15, 0.2) is 24.4 Å². The second-order valence-corrected chi connectivity index (χ2v) is 12.3. The van der Waals surface area contributed by atoms with Gasteiger partial charge in [-0.25, -0.2) is 9.97 Å². The van der Waals surface area contributed by atoms with Gasteiger partial charge in [0.05, 0.1) is 36.0 Å². The predicted molar refractivity (Wildman–Crippen MR) is 156 cm³/mol. The van der Waals surface area contributed by atoms with Crippen molar-refractivity contribution >= 4 is 23.2 Å². The summed E-state index contributed by atoms with van der Waals surface area (Å²) in [5, 5.41) is 10.1. The van der Waals surface area contributed by atoms with Crippen LogP contribution in [0, 0.1) is 5.92 Å². The molecule has 3 fully saturated rings. The number of hydrogen-bond acceptors (Lipinski definition) is 8. The fourth-order valence-electron chi connectivity index (χ4n) is 7.08. The topological polar surface area (TPSA) is 101 Å². The summed E-state index contributed by atoms with van der Waals surface area (Å²) in [4.78, 5) is 25.1. The van der Waals surface area contributed by atoms with E-state index in [1.165, 1.54) is 32.1 Å². The quantitative estimate of drug-likeness (QED) is 0.440. The van der Waals surface area contributed by atoms with E-state index < -0.39 is 0 Å². The van der Waals surface area contributed by atoms with Gasteiger partial charge in [0.15, 0.2) is 0 Å². The Kier molecular flexibility index (Phi) is 8.12. The van der Waals surface area contributed by atoms with Crippen LogP contribution in [0.2, 0.25) is 0 Å². The molecule has 1 saturated heterocycles. The van der Waals surface area contributed by atoms with Gasteiger partial charge in [0.25, 0.3) is 5.91 Å². The molecular weight excluding hydrogens is 504 g/mol. The molecule has 2 saturated carbocycles. The van der Waals surface area contributed by atoms with Crippen LogP contribution in [0.25, 0.3) is 0 Å². The van der Waals surface area contributed by atoms with Crippen molar-refractivity contribution < 1.29 is 14.3 Å². The third-order valence-electron chi connectivity index (χ3n) is 9.63. The number of nitrogens with one attached hydrogen (secondary N) is 3. The van der Waals surface area contributed by atoms with E-state index in [0.29, 0.717) is 35.8 Å². The summed E-state index contributed by atoms with van der Waals surface area (Å²) >= 11 is 0. The second-order valence-electron chi connectivity index (χ2n) is 12.3. The lowest BCUT2D eigenvalue weighted by molar-refractivity contribution is -0.106. The van der Waals surface area contributed by atoms with Crippen molar-refractivity contribution in [2.24, 2.45) is 5.92 Å². The highest BCUT2D eigenvalue weighted by Crippen LogP contribution is 2.50. The summed E-state index contributed by atoms with van der Waals surface area (Å²) in [5.41, 5.74) is 3.40. The Bertz CT molecular complexity index is 1200. The Labute approximate surface area is 237 Å². The summed E-state index contributed by atoms with van der Waals surface area (Å²) < 4.78 is 12.1. The highest BCUT2D eigenvalue weighted by Gasteiger charge is 2.44. The minimum Gasteiger partial charge on any atom is -0.495 e. The van der Waals surface area contributed by atoms with Crippen molar-refractivity contribution in [1.29, 1.82) is 0 Å². The zero-order chi connectivity index (χ0) is 27.5. The molecule has 2 aliphatic heterocycles. The highest BCUT2D eigenvalue weighted by molar-refractivity contribution is 5.95. The molecule has 3 N–H and O–H groups in total. The van der Waals surface area contributed by atoms with E-state index in [4.69, 9.17) is 14.5 Å². The zero-order valence-electron chi connectivity index (χ0n) is 24.0. The Hall–Kier alpha value is -2.91.